The number of nitrogens with zero attached hydrogens (tertiary/aromatic N) is 1. The lowest BCUT2D eigenvalue weighted by Gasteiger charge is -2.03. The van der Waals surface area contributed by atoms with Gasteiger partial charge in [-0.1, -0.05) is 18.2 Å². The van der Waals surface area contributed by atoms with Gasteiger partial charge in [-0.2, -0.15) is 4.99 Å². The second-order valence-electron chi connectivity index (χ2n) is 4.32. The summed E-state index contributed by atoms with van der Waals surface area (Å²) in [7, 11) is 0. The molecular weight excluding hydrogens is 268 g/mol. The number of H-pyrrole nitrogens is 1. The molecule has 3 aromatic rings. The number of aromatic amines is 1. The van der Waals surface area contributed by atoms with Crippen molar-refractivity contribution in [3.63, 3.8) is 0 Å². The molecule has 1 heterocycles. The van der Waals surface area contributed by atoms with Crippen LogP contribution in [-0.2, 0) is 0 Å². The molecule has 0 fully saturated rings. The first-order valence-corrected chi connectivity index (χ1v) is 6.62. The highest BCUT2D eigenvalue weighted by Gasteiger charge is 2.03. The molecule has 20 heavy (non-hydrogen) atoms. The lowest BCUT2D eigenvalue weighted by atomic mass is 10.1. The van der Waals surface area contributed by atoms with Crippen molar-refractivity contribution in [1.82, 2.24) is 4.98 Å². The van der Waals surface area contributed by atoms with Crippen molar-refractivity contribution in [1.29, 1.82) is 0 Å². The van der Waals surface area contributed by atoms with E-state index in [1.807, 2.05) is 36.4 Å². The molecule has 1 aromatic heterocycles. The predicted octanol–water partition coefficient (Wildman–Crippen LogP) is 4.27. The molecule has 0 unspecified atom stereocenters. The maximum atomic E-state index is 5.39. The van der Waals surface area contributed by atoms with E-state index in [1.165, 1.54) is 5.39 Å². The van der Waals surface area contributed by atoms with Crippen LogP contribution in [0.5, 0.6) is 5.75 Å². The molecule has 0 amide bonds. The van der Waals surface area contributed by atoms with Crippen LogP contribution < -0.4 is 4.74 Å². The Kier molecular flexibility index (Phi) is 3.59. The van der Waals surface area contributed by atoms with Crippen molar-refractivity contribution in [2.75, 3.05) is 6.73 Å². The zero-order valence-electron chi connectivity index (χ0n) is 10.7. The highest BCUT2D eigenvalue weighted by Crippen LogP contribution is 2.25. The van der Waals surface area contributed by atoms with Crippen LogP contribution in [0.4, 0.5) is 0 Å². The van der Waals surface area contributed by atoms with Crippen molar-refractivity contribution in [3.05, 3.63) is 54.6 Å². The van der Waals surface area contributed by atoms with Gasteiger partial charge < -0.3 is 9.72 Å². The van der Waals surface area contributed by atoms with Crippen molar-refractivity contribution >= 4 is 28.3 Å². The Labute approximate surface area is 121 Å². The quantitative estimate of drug-likeness (QED) is 0.572. The van der Waals surface area contributed by atoms with Gasteiger partial charge in [0.25, 0.3) is 0 Å². The number of aliphatic imine (C=N–C) groups is 1. The topological polar surface area (TPSA) is 37.4 Å². The zero-order chi connectivity index (χ0) is 13.8. The van der Waals surface area contributed by atoms with E-state index in [9.17, 15) is 0 Å². The van der Waals surface area contributed by atoms with Gasteiger partial charge in [0.15, 0.2) is 6.73 Å². The van der Waals surface area contributed by atoms with Crippen molar-refractivity contribution in [3.8, 4) is 17.0 Å². The number of ether oxygens (including phenoxy) is 1. The Balaban J connectivity index is 1.84. The normalized spacial score (nSPS) is 10.2. The third-order valence-electron chi connectivity index (χ3n) is 3.06. The Morgan fingerprint density at radius 3 is 2.65 bits per heavy atom. The molecule has 3 nitrogen and oxygen atoms in total. The number of fused-ring (bicyclic) bond motifs is 1. The van der Waals surface area contributed by atoms with Crippen molar-refractivity contribution in [2.24, 2.45) is 4.99 Å². The number of isothiocyanates is 1. The van der Waals surface area contributed by atoms with Crippen LogP contribution >= 0.6 is 12.2 Å². The van der Waals surface area contributed by atoms with E-state index in [2.05, 4.69) is 45.6 Å². The molecule has 0 saturated carbocycles. The number of benzene rings is 2. The van der Waals surface area contributed by atoms with E-state index in [1.54, 1.807) is 0 Å². The minimum Gasteiger partial charge on any atom is -0.471 e. The second kappa shape index (κ2) is 5.70. The van der Waals surface area contributed by atoms with Gasteiger partial charge in [-0.15, -0.1) is 0 Å². The fraction of sp³-hybridized carbons (Fsp3) is 0.0625. The Morgan fingerprint density at radius 1 is 1.10 bits per heavy atom. The number of nitrogens with one attached hydrogen (secondary N) is 1. The molecule has 0 aliphatic rings. The monoisotopic (exact) mass is 280 g/mol. The van der Waals surface area contributed by atoms with Crippen LogP contribution in [-0.4, -0.2) is 16.9 Å². The van der Waals surface area contributed by atoms with E-state index >= 15 is 0 Å². The Morgan fingerprint density at radius 2 is 1.90 bits per heavy atom. The largest absolute Gasteiger partial charge is 0.471 e. The van der Waals surface area contributed by atoms with Gasteiger partial charge >= 0.3 is 0 Å². The van der Waals surface area contributed by atoms with Gasteiger partial charge in [-0.25, -0.2) is 0 Å². The summed E-state index contributed by atoms with van der Waals surface area (Å²) in [5.41, 5.74) is 3.35. The molecule has 0 atom stereocenters. The maximum Gasteiger partial charge on any atom is 0.188 e. The molecule has 0 aliphatic carbocycles. The molecule has 4 heteroatoms. The van der Waals surface area contributed by atoms with Crippen molar-refractivity contribution in [2.45, 2.75) is 0 Å². The molecule has 0 aliphatic heterocycles. The highest BCUT2D eigenvalue weighted by atomic mass is 32.1. The maximum absolute atomic E-state index is 5.39. The Hall–Kier alpha value is -2.42. The summed E-state index contributed by atoms with van der Waals surface area (Å²) in [5.74, 6) is 0.763. The van der Waals surface area contributed by atoms with Gasteiger partial charge in [-0.05, 0) is 54.2 Å². The standard InChI is InChI=1S/C16H12N2OS/c20-11-17-10-19-14-7-5-12(6-8-14)16-9-13-3-1-2-4-15(13)18-16/h1-9,18H,10H2. The number of aromatic nitrogens is 1. The van der Waals surface area contributed by atoms with Gasteiger partial charge in [0.05, 0.1) is 5.16 Å². The summed E-state index contributed by atoms with van der Waals surface area (Å²) in [6.07, 6.45) is 0. The number of para-hydroxylation sites is 1. The summed E-state index contributed by atoms with van der Waals surface area (Å²) >= 11 is 4.48. The van der Waals surface area contributed by atoms with E-state index in [-0.39, 0.29) is 6.73 Å². The summed E-state index contributed by atoms with van der Waals surface area (Å²) in [6, 6.07) is 18.2. The molecule has 0 bridgehead atoms. The number of hydrogen-bond acceptors (Lipinski definition) is 3. The number of rotatable bonds is 4. The first-order chi connectivity index (χ1) is 9.86. The average molecular weight is 280 g/mol. The summed E-state index contributed by atoms with van der Waals surface area (Å²) in [4.78, 5) is 7.11. The summed E-state index contributed by atoms with van der Waals surface area (Å²) in [5, 5.41) is 3.48. The van der Waals surface area contributed by atoms with Gasteiger partial charge in [0.2, 0.25) is 0 Å². The van der Waals surface area contributed by atoms with Gasteiger partial charge in [-0.3, -0.25) is 0 Å². The Bertz CT molecular complexity index is 738. The predicted molar refractivity (Wildman–Crippen MR) is 84.3 cm³/mol. The smallest absolute Gasteiger partial charge is 0.188 e. The molecule has 3 rings (SSSR count). The first-order valence-electron chi connectivity index (χ1n) is 6.21. The van der Waals surface area contributed by atoms with E-state index < -0.39 is 0 Å². The molecule has 0 radical (unpaired) electrons. The minimum atomic E-state index is 0.204. The fourth-order valence-electron chi connectivity index (χ4n) is 2.09. The van der Waals surface area contributed by atoms with Crippen LogP contribution in [0.2, 0.25) is 0 Å². The summed E-state index contributed by atoms with van der Waals surface area (Å²) in [6.45, 7) is 0.204. The summed E-state index contributed by atoms with van der Waals surface area (Å²) < 4.78 is 5.39. The van der Waals surface area contributed by atoms with Gasteiger partial charge in [0, 0.05) is 16.6 Å². The molecule has 0 saturated heterocycles. The highest BCUT2D eigenvalue weighted by molar-refractivity contribution is 7.78. The minimum absolute atomic E-state index is 0.204. The molecule has 0 spiro atoms. The molecule has 1 N–H and O–H groups in total. The SMILES string of the molecule is S=C=NCOc1ccc(-c2cc3ccccc3[nH]2)cc1. The number of hydrogen-bond donors (Lipinski definition) is 1. The van der Waals surface area contributed by atoms with E-state index in [0.717, 1.165) is 22.5 Å². The van der Waals surface area contributed by atoms with Crippen molar-refractivity contribution < 1.29 is 4.74 Å². The lowest BCUT2D eigenvalue weighted by Crippen LogP contribution is -1.92. The first kappa shape index (κ1) is 12.6. The molecular formula is C16H12N2OS. The van der Waals surface area contributed by atoms with Crippen LogP contribution in [0.25, 0.3) is 22.2 Å². The van der Waals surface area contributed by atoms with E-state index in [4.69, 9.17) is 4.74 Å². The third kappa shape index (κ3) is 2.62. The van der Waals surface area contributed by atoms with Crippen LogP contribution in [0.3, 0.4) is 0 Å². The molecule has 2 aromatic carbocycles. The van der Waals surface area contributed by atoms with E-state index in [0.29, 0.717) is 0 Å². The third-order valence-corrected chi connectivity index (χ3v) is 3.18. The number of thiocarbonyl (C=S) groups is 1. The fourth-order valence-corrected chi connectivity index (χ4v) is 2.15. The van der Waals surface area contributed by atoms with Crippen LogP contribution in [0.1, 0.15) is 0 Å². The second-order valence-corrected chi connectivity index (χ2v) is 4.50. The molecule has 98 valence electrons. The lowest BCUT2D eigenvalue weighted by molar-refractivity contribution is 0.332. The van der Waals surface area contributed by atoms with Crippen LogP contribution in [0, 0.1) is 0 Å². The van der Waals surface area contributed by atoms with Gasteiger partial charge in [0.1, 0.15) is 5.75 Å². The zero-order valence-corrected chi connectivity index (χ0v) is 11.5. The average Bonchev–Trinajstić information content (AvgIpc) is 2.92. The van der Waals surface area contributed by atoms with Crippen LogP contribution in [0.15, 0.2) is 59.6 Å².